The zero-order valence-corrected chi connectivity index (χ0v) is 18.5. The molecule has 0 fully saturated rings. The van der Waals surface area contributed by atoms with E-state index in [0.29, 0.717) is 6.54 Å². The third kappa shape index (κ3) is 6.62. The average molecular weight is 474 g/mol. The molecule has 0 bridgehead atoms. The van der Waals surface area contributed by atoms with E-state index >= 15 is 0 Å². The summed E-state index contributed by atoms with van der Waals surface area (Å²) < 4.78 is 7.25. The fourth-order valence-electron chi connectivity index (χ4n) is 2.72. The number of rotatable bonds is 9. The van der Waals surface area contributed by atoms with Gasteiger partial charge in [-0.05, 0) is 31.7 Å². The second kappa shape index (κ2) is 11.9. The number of nitrogens with one attached hydrogen (secondary N) is 2. The summed E-state index contributed by atoms with van der Waals surface area (Å²) in [4.78, 5) is 4.70. The number of aryl methyl sites for hydroxylation is 4. The van der Waals surface area contributed by atoms with Crippen molar-refractivity contribution in [3.05, 3.63) is 35.0 Å². The number of aliphatic imine (C=N–C) groups is 1. The van der Waals surface area contributed by atoms with E-state index in [1.807, 2.05) is 17.9 Å². The predicted octanol–water partition coefficient (Wildman–Crippen LogP) is 2.84. The normalized spacial score (nSPS) is 11.3. The quantitative estimate of drug-likeness (QED) is 0.253. The highest BCUT2D eigenvalue weighted by molar-refractivity contribution is 14.0. The maximum atomic E-state index is 5.41. The Bertz CT molecular complexity index is 658. The third-order valence-electron chi connectivity index (χ3n) is 4.04. The highest BCUT2D eigenvalue weighted by Gasteiger charge is 2.13. The maximum absolute atomic E-state index is 5.41. The van der Waals surface area contributed by atoms with Crippen molar-refractivity contribution in [1.82, 2.24) is 25.6 Å². The SMILES string of the molecule is CCNC(=NCc1c(CC)noc1CC)NCCCc1cnn(C)c1.I. The van der Waals surface area contributed by atoms with Gasteiger partial charge in [-0.2, -0.15) is 5.10 Å². The molecule has 0 saturated carbocycles. The van der Waals surface area contributed by atoms with Crippen molar-refractivity contribution in [3.63, 3.8) is 0 Å². The summed E-state index contributed by atoms with van der Waals surface area (Å²) in [6.45, 7) is 8.53. The van der Waals surface area contributed by atoms with Gasteiger partial charge in [-0.25, -0.2) is 4.99 Å². The molecule has 2 rings (SSSR count). The van der Waals surface area contributed by atoms with Crippen LogP contribution < -0.4 is 10.6 Å². The van der Waals surface area contributed by atoms with Gasteiger partial charge in [-0.3, -0.25) is 4.68 Å². The summed E-state index contributed by atoms with van der Waals surface area (Å²) in [5.41, 5.74) is 3.39. The molecule has 0 atom stereocenters. The first-order chi connectivity index (χ1) is 12.2. The lowest BCUT2D eigenvalue weighted by Crippen LogP contribution is -2.37. The molecule has 146 valence electrons. The van der Waals surface area contributed by atoms with Crippen molar-refractivity contribution < 1.29 is 4.52 Å². The molecule has 0 aliphatic carbocycles. The maximum Gasteiger partial charge on any atom is 0.191 e. The lowest BCUT2D eigenvalue weighted by atomic mass is 10.1. The second-order valence-corrected chi connectivity index (χ2v) is 5.99. The molecule has 0 unspecified atom stereocenters. The minimum Gasteiger partial charge on any atom is -0.361 e. The fourth-order valence-corrected chi connectivity index (χ4v) is 2.72. The third-order valence-corrected chi connectivity index (χ3v) is 4.04. The molecule has 2 heterocycles. The zero-order chi connectivity index (χ0) is 18.1. The van der Waals surface area contributed by atoms with Gasteiger partial charge in [-0.15, -0.1) is 24.0 Å². The summed E-state index contributed by atoms with van der Waals surface area (Å²) in [6.07, 6.45) is 7.72. The van der Waals surface area contributed by atoms with Crippen LogP contribution in [0.15, 0.2) is 21.9 Å². The molecular weight excluding hydrogens is 443 g/mol. The van der Waals surface area contributed by atoms with Crippen LogP contribution in [0.5, 0.6) is 0 Å². The Morgan fingerprint density at radius 2 is 2.04 bits per heavy atom. The molecule has 8 heteroatoms. The molecule has 7 nitrogen and oxygen atoms in total. The van der Waals surface area contributed by atoms with E-state index < -0.39 is 0 Å². The van der Waals surface area contributed by atoms with E-state index in [-0.39, 0.29) is 24.0 Å². The van der Waals surface area contributed by atoms with Gasteiger partial charge in [0, 0.05) is 38.3 Å². The summed E-state index contributed by atoms with van der Waals surface area (Å²) in [6, 6.07) is 0. The van der Waals surface area contributed by atoms with Crippen LogP contribution in [-0.4, -0.2) is 34.0 Å². The summed E-state index contributed by atoms with van der Waals surface area (Å²) in [5, 5.41) is 15.0. The molecule has 0 amide bonds. The zero-order valence-electron chi connectivity index (χ0n) is 16.2. The van der Waals surface area contributed by atoms with E-state index in [1.165, 1.54) is 5.56 Å². The largest absolute Gasteiger partial charge is 0.361 e. The monoisotopic (exact) mass is 474 g/mol. The van der Waals surface area contributed by atoms with Crippen LogP contribution in [-0.2, 0) is 32.9 Å². The van der Waals surface area contributed by atoms with Crippen LogP contribution >= 0.6 is 24.0 Å². The molecule has 0 aliphatic heterocycles. The minimum absolute atomic E-state index is 0. The average Bonchev–Trinajstić information content (AvgIpc) is 3.21. The van der Waals surface area contributed by atoms with Gasteiger partial charge in [-0.1, -0.05) is 19.0 Å². The molecular formula is C18H31IN6O. The first kappa shape index (κ1) is 22.5. The lowest BCUT2D eigenvalue weighted by Gasteiger charge is -2.11. The number of hydrogen-bond donors (Lipinski definition) is 2. The molecule has 0 aromatic carbocycles. The highest BCUT2D eigenvalue weighted by atomic mass is 127. The number of guanidine groups is 1. The smallest absolute Gasteiger partial charge is 0.191 e. The van der Waals surface area contributed by atoms with Gasteiger partial charge in [0.15, 0.2) is 5.96 Å². The Balaban J connectivity index is 0.00000338. The molecule has 0 saturated heterocycles. The van der Waals surface area contributed by atoms with Crippen LogP contribution in [0.2, 0.25) is 0 Å². The summed E-state index contributed by atoms with van der Waals surface area (Å²) >= 11 is 0. The Labute approximate surface area is 173 Å². The lowest BCUT2D eigenvalue weighted by molar-refractivity contribution is 0.380. The molecule has 2 N–H and O–H groups in total. The van der Waals surface area contributed by atoms with Gasteiger partial charge >= 0.3 is 0 Å². The Hall–Kier alpha value is -1.58. The van der Waals surface area contributed by atoms with Gasteiger partial charge in [0.1, 0.15) is 5.76 Å². The van der Waals surface area contributed by atoms with Crippen molar-refractivity contribution >= 4 is 29.9 Å². The van der Waals surface area contributed by atoms with Crippen LogP contribution in [0.25, 0.3) is 0 Å². The number of nitrogens with zero attached hydrogens (tertiary/aromatic N) is 4. The standard InChI is InChI=1S/C18H30N6O.HI/c1-5-16-15(17(6-2)25-23-16)12-21-18(19-7-3)20-10-8-9-14-11-22-24(4)13-14;/h11,13H,5-10,12H2,1-4H3,(H2,19,20,21);1H. The molecule has 26 heavy (non-hydrogen) atoms. The molecule has 0 aliphatic rings. The number of aromatic nitrogens is 3. The van der Waals surface area contributed by atoms with E-state index in [2.05, 4.69) is 47.9 Å². The predicted molar refractivity (Wildman–Crippen MR) is 115 cm³/mol. The van der Waals surface area contributed by atoms with Crippen LogP contribution in [0.1, 0.15) is 49.8 Å². The summed E-state index contributed by atoms with van der Waals surface area (Å²) in [7, 11) is 1.94. The van der Waals surface area contributed by atoms with Gasteiger partial charge in [0.2, 0.25) is 0 Å². The van der Waals surface area contributed by atoms with Gasteiger partial charge < -0.3 is 15.2 Å². The van der Waals surface area contributed by atoms with Gasteiger partial charge in [0.05, 0.1) is 18.4 Å². The molecule has 0 spiro atoms. The summed E-state index contributed by atoms with van der Waals surface area (Å²) in [5.74, 6) is 1.77. The number of halogens is 1. The van der Waals surface area contributed by atoms with E-state index in [0.717, 1.165) is 61.7 Å². The van der Waals surface area contributed by atoms with E-state index in [9.17, 15) is 0 Å². The van der Waals surface area contributed by atoms with Crippen molar-refractivity contribution in [2.75, 3.05) is 13.1 Å². The molecule has 0 radical (unpaired) electrons. The highest BCUT2D eigenvalue weighted by Crippen LogP contribution is 2.16. The van der Waals surface area contributed by atoms with Crippen LogP contribution in [0.3, 0.4) is 0 Å². The Morgan fingerprint density at radius 3 is 2.65 bits per heavy atom. The number of hydrogen-bond acceptors (Lipinski definition) is 4. The Morgan fingerprint density at radius 1 is 1.23 bits per heavy atom. The van der Waals surface area contributed by atoms with Crippen molar-refractivity contribution in [2.24, 2.45) is 12.0 Å². The van der Waals surface area contributed by atoms with Crippen LogP contribution in [0, 0.1) is 0 Å². The van der Waals surface area contributed by atoms with Crippen molar-refractivity contribution in [3.8, 4) is 0 Å². The van der Waals surface area contributed by atoms with Crippen LogP contribution in [0.4, 0.5) is 0 Å². The van der Waals surface area contributed by atoms with E-state index in [1.54, 1.807) is 0 Å². The van der Waals surface area contributed by atoms with Gasteiger partial charge in [0.25, 0.3) is 0 Å². The topological polar surface area (TPSA) is 80.3 Å². The second-order valence-electron chi connectivity index (χ2n) is 5.99. The molecule has 2 aromatic heterocycles. The molecule has 2 aromatic rings. The Kier molecular flexibility index (Phi) is 10.3. The first-order valence-electron chi connectivity index (χ1n) is 9.13. The fraction of sp³-hybridized carbons (Fsp3) is 0.611. The van der Waals surface area contributed by atoms with E-state index in [4.69, 9.17) is 9.52 Å². The van der Waals surface area contributed by atoms with Crippen molar-refractivity contribution in [1.29, 1.82) is 0 Å². The minimum atomic E-state index is 0. The first-order valence-corrected chi connectivity index (χ1v) is 9.13. The van der Waals surface area contributed by atoms with Crippen molar-refractivity contribution in [2.45, 2.75) is 53.0 Å².